The quantitative estimate of drug-likeness (QED) is 0.477. The van der Waals surface area contributed by atoms with Crippen molar-refractivity contribution in [3.8, 4) is 0 Å². The normalized spacial score (nSPS) is 10.8. The first kappa shape index (κ1) is 13.8. The standard InChI is InChI=1S/C16H14NO.HI/c1-17-14-9-5-6-10-15(14)18-16(17)12-11-13-7-3-2-4-8-13;/h2-12H,1H3;1H/q+1;/p-1. The van der Waals surface area contributed by atoms with Crippen LogP contribution < -0.4 is 28.5 Å². The number of nitrogens with zero attached hydrogens (tertiary/aromatic N) is 1. The summed E-state index contributed by atoms with van der Waals surface area (Å²) in [7, 11) is 2.01. The molecule has 0 bridgehead atoms. The molecule has 0 spiro atoms. The molecular weight excluding hydrogens is 349 g/mol. The molecule has 0 fully saturated rings. The molecule has 3 aromatic rings. The Balaban J connectivity index is 0.00000133. The van der Waals surface area contributed by atoms with E-state index in [1.54, 1.807) is 0 Å². The third-order valence-corrected chi connectivity index (χ3v) is 2.99. The van der Waals surface area contributed by atoms with E-state index in [4.69, 9.17) is 4.42 Å². The van der Waals surface area contributed by atoms with Crippen molar-refractivity contribution in [2.75, 3.05) is 0 Å². The molecule has 1 heterocycles. The van der Waals surface area contributed by atoms with Crippen LogP contribution in [0.2, 0.25) is 0 Å². The van der Waals surface area contributed by atoms with Crippen LogP contribution >= 0.6 is 0 Å². The summed E-state index contributed by atoms with van der Waals surface area (Å²) in [4.78, 5) is 0. The Morgan fingerprint density at radius 1 is 0.895 bits per heavy atom. The number of aromatic nitrogens is 1. The largest absolute Gasteiger partial charge is 1.00 e. The number of fused-ring (bicyclic) bond motifs is 1. The first-order chi connectivity index (χ1) is 8.84. The highest BCUT2D eigenvalue weighted by Crippen LogP contribution is 2.14. The van der Waals surface area contributed by atoms with Gasteiger partial charge in [0.2, 0.25) is 5.58 Å². The van der Waals surface area contributed by atoms with Gasteiger partial charge in [0.25, 0.3) is 5.52 Å². The third kappa shape index (κ3) is 2.87. The van der Waals surface area contributed by atoms with Gasteiger partial charge in [0.1, 0.15) is 7.05 Å². The Hall–Kier alpha value is -1.62. The van der Waals surface area contributed by atoms with Gasteiger partial charge in [0.15, 0.2) is 0 Å². The minimum atomic E-state index is 0. The van der Waals surface area contributed by atoms with Crippen LogP contribution in [0.25, 0.3) is 23.3 Å². The fourth-order valence-electron chi connectivity index (χ4n) is 2.00. The van der Waals surface area contributed by atoms with Gasteiger partial charge in [0, 0.05) is 6.07 Å². The van der Waals surface area contributed by atoms with E-state index < -0.39 is 0 Å². The van der Waals surface area contributed by atoms with E-state index in [1.807, 2.05) is 49.5 Å². The van der Waals surface area contributed by atoms with Gasteiger partial charge >= 0.3 is 5.89 Å². The number of hydrogen-bond acceptors (Lipinski definition) is 1. The number of hydrogen-bond donors (Lipinski definition) is 0. The lowest BCUT2D eigenvalue weighted by molar-refractivity contribution is -0.651. The van der Waals surface area contributed by atoms with Crippen LogP contribution in [0, 0.1) is 0 Å². The summed E-state index contributed by atoms with van der Waals surface area (Å²) < 4.78 is 7.85. The third-order valence-electron chi connectivity index (χ3n) is 2.99. The first-order valence-corrected chi connectivity index (χ1v) is 5.95. The molecule has 0 aliphatic rings. The second-order valence-electron chi connectivity index (χ2n) is 4.21. The van der Waals surface area contributed by atoms with Crippen molar-refractivity contribution in [1.82, 2.24) is 0 Å². The van der Waals surface area contributed by atoms with Gasteiger partial charge in [-0.05, 0) is 17.7 Å². The summed E-state index contributed by atoms with van der Waals surface area (Å²) >= 11 is 0. The second kappa shape index (κ2) is 6.02. The second-order valence-corrected chi connectivity index (χ2v) is 4.21. The van der Waals surface area contributed by atoms with E-state index in [1.165, 1.54) is 0 Å². The zero-order chi connectivity index (χ0) is 12.4. The Morgan fingerprint density at radius 3 is 2.32 bits per heavy atom. The number of benzene rings is 2. The van der Waals surface area contributed by atoms with Gasteiger partial charge in [-0.25, -0.2) is 0 Å². The molecule has 0 saturated heterocycles. The van der Waals surface area contributed by atoms with Crippen molar-refractivity contribution in [2.24, 2.45) is 7.05 Å². The first-order valence-electron chi connectivity index (χ1n) is 5.95. The van der Waals surface area contributed by atoms with Gasteiger partial charge < -0.3 is 28.4 Å². The highest BCUT2D eigenvalue weighted by Gasteiger charge is 2.14. The van der Waals surface area contributed by atoms with Crippen LogP contribution in [0.4, 0.5) is 0 Å². The SMILES string of the molecule is C[n+]1c(C=Cc2ccccc2)oc2ccccc21.[I-]. The molecule has 0 saturated carbocycles. The van der Waals surface area contributed by atoms with E-state index >= 15 is 0 Å². The Labute approximate surface area is 129 Å². The van der Waals surface area contributed by atoms with Crippen molar-refractivity contribution >= 4 is 23.3 Å². The maximum atomic E-state index is 5.80. The number of aryl methyl sites for hydroxylation is 1. The molecule has 0 atom stereocenters. The summed E-state index contributed by atoms with van der Waals surface area (Å²) in [5.74, 6) is 0.847. The van der Waals surface area contributed by atoms with Gasteiger partial charge in [-0.15, -0.1) is 0 Å². The Bertz CT molecular complexity index is 701. The summed E-state index contributed by atoms with van der Waals surface area (Å²) in [6, 6.07) is 18.2. The molecule has 0 aliphatic heterocycles. The van der Waals surface area contributed by atoms with E-state index in [2.05, 4.69) is 28.8 Å². The van der Waals surface area contributed by atoms with Crippen LogP contribution in [-0.2, 0) is 7.05 Å². The monoisotopic (exact) mass is 363 g/mol. The van der Waals surface area contributed by atoms with Crippen molar-refractivity contribution in [3.05, 3.63) is 66.1 Å². The van der Waals surface area contributed by atoms with Crippen LogP contribution in [0.3, 0.4) is 0 Å². The predicted octanol–water partition coefficient (Wildman–Crippen LogP) is 0.432. The molecule has 96 valence electrons. The minimum Gasteiger partial charge on any atom is -1.00 e. The van der Waals surface area contributed by atoms with Crippen molar-refractivity contribution in [1.29, 1.82) is 0 Å². The van der Waals surface area contributed by atoms with E-state index in [0.29, 0.717) is 0 Å². The van der Waals surface area contributed by atoms with Gasteiger partial charge in [-0.3, -0.25) is 0 Å². The maximum Gasteiger partial charge on any atom is 0.373 e. The average molecular weight is 363 g/mol. The summed E-state index contributed by atoms with van der Waals surface area (Å²) in [5, 5.41) is 0. The molecule has 19 heavy (non-hydrogen) atoms. The van der Waals surface area contributed by atoms with Crippen LogP contribution in [-0.4, -0.2) is 0 Å². The average Bonchev–Trinajstić information content (AvgIpc) is 2.75. The van der Waals surface area contributed by atoms with Crippen molar-refractivity contribution in [2.45, 2.75) is 0 Å². The molecule has 3 rings (SSSR count). The molecule has 3 heteroatoms. The Kier molecular flexibility index (Phi) is 4.37. The molecule has 0 aliphatic carbocycles. The number of para-hydroxylation sites is 2. The summed E-state index contributed by atoms with van der Waals surface area (Å²) in [6.45, 7) is 0. The highest BCUT2D eigenvalue weighted by atomic mass is 127. The molecule has 0 N–H and O–H groups in total. The Morgan fingerprint density at radius 2 is 1.58 bits per heavy atom. The fraction of sp³-hybridized carbons (Fsp3) is 0.0625. The van der Waals surface area contributed by atoms with Gasteiger partial charge in [0.05, 0.1) is 6.08 Å². The lowest BCUT2D eigenvalue weighted by Crippen LogP contribution is -3.00. The topological polar surface area (TPSA) is 17.0 Å². The van der Waals surface area contributed by atoms with Crippen LogP contribution in [0.5, 0.6) is 0 Å². The predicted molar refractivity (Wildman–Crippen MR) is 72.8 cm³/mol. The lowest BCUT2D eigenvalue weighted by Gasteiger charge is -1.88. The summed E-state index contributed by atoms with van der Waals surface area (Å²) in [5.41, 5.74) is 3.18. The van der Waals surface area contributed by atoms with Crippen LogP contribution in [0.15, 0.2) is 59.0 Å². The zero-order valence-electron chi connectivity index (χ0n) is 10.6. The van der Waals surface area contributed by atoms with E-state index in [-0.39, 0.29) is 24.0 Å². The van der Waals surface area contributed by atoms with Gasteiger partial charge in [-0.1, -0.05) is 42.5 Å². The number of halogens is 1. The van der Waals surface area contributed by atoms with Crippen LogP contribution in [0.1, 0.15) is 11.5 Å². The zero-order valence-corrected chi connectivity index (χ0v) is 12.7. The molecule has 2 nitrogen and oxygen atoms in total. The van der Waals surface area contributed by atoms with E-state index in [9.17, 15) is 0 Å². The fourth-order valence-corrected chi connectivity index (χ4v) is 2.00. The minimum absolute atomic E-state index is 0. The molecule has 1 aromatic heterocycles. The van der Waals surface area contributed by atoms with Crippen molar-refractivity contribution in [3.63, 3.8) is 0 Å². The molecule has 2 aromatic carbocycles. The smallest absolute Gasteiger partial charge is 0.373 e. The van der Waals surface area contributed by atoms with Gasteiger partial charge in [-0.2, -0.15) is 4.57 Å². The molecule has 0 unspecified atom stereocenters. The number of oxazole rings is 1. The van der Waals surface area contributed by atoms with Crippen molar-refractivity contribution < 1.29 is 33.0 Å². The van der Waals surface area contributed by atoms with E-state index in [0.717, 1.165) is 22.6 Å². The molecule has 0 radical (unpaired) electrons. The number of rotatable bonds is 2. The highest BCUT2D eigenvalue weighted by molar-refractivity contribution is 5.71. The molecular formula is C16H14INO. The maximum absolute atomic E-state index is 5.80. The lowest BCUT2D eigenvalue weighted by atomic mass is 10.2. The molecule has 0 amide bonds. The summed E-state index contributed by atoms with van der Waals surface area (Å²) in [6.07, 6.45) is 4.05.